The summed E-state index contributed by atoms with van der Waals surface area (Å²) < 4.78 is 51.1. The Bertz CT molecular complexity index is 1600. The van der Waals surface area contributed by atoms with Gasteiger partial charge in [0, 0.05) is 18.2 Å². The van der Waals surface area contributed by atoms with Crippen molar-refractivity contribution >= 4 is 17.0 Å². The molecule has 6 rings (SSSR count). The summed E-state index contributed by atoms with van der Waals surface area (Å²) >= 11 is 0. The quantitative estimate of drug-likeness (QED) is 0.250. The van der Waals surface area contributed by atoms with Gasteiger partial charge in [-0.3, -0.25) is 9.51 Å². The normalized spacial score (nSPS) is 22.0. The molecule has 2 fully saturated rings. The van der Waals surface area contributed by atoms with Gasteiger partial charge < -0.3 is 15.0 Å². The van der Waals surface area contributed by atoms with E-state index in [1.54, 1.807) is 6.07 Å². The van der Waals surface area contributed by atoms with Gasteiger partial charge in [0.25, 0.3) is 0 Å². The molecule has 0 bridgehead atoms. The van der Waals surface area contributed by atoms with Crippen LogP contribution in [0.4, 0.5) is 19.0 Å². The zero-order valence-electron chi connectivity index (χ0n) is 23.5. The second-order valence-electron chi connectivity index (χ2n) is 11.9. The lowest BCUT2D eigenvalue weighted by Crippen LogP contribution is -2.45. The van der Waals surface area contributed by atoms with E-state index in [2.05, 4.69) is 41.9 Å². The maximum Gasteiger partial charge on any atom is 0.439 e. The number of anilines is 1. The van der Waals surface area contributed by atoms with Gasteiger partial charge in [0.05, 0.1) is 0 Å². The average Bonchev–Trinajstić information content (AvgIpc) is 3.52. The Hall–Kier alpha value is -3.74. The molecule has 0 amide bonds. The van der Waals surface area contributed by atoms with Crippen LogP contribution in [-0.4, -0.2) is 47.0 Å². The monoisotopic (exact) mass is 585 g/mol. The highest BCUT2D eigenvalue weighted by Crippen LogP contribution is 2.46. The molecule has 0 radical (unpaired) electrons. The number of rotatable bonds is 8. The van der Waals surface area contributed by atoms with Crippen LogP contribution in [0.15, 0.2) is 39.6 Å². The van der Waals surface area contributed by atoms with Crippen LogP contribution >= 0.6 is 0 Å². The van der Waals surface area contributed by atoms with Crippen molar-refractivity contribution in [2.24, 2.45) is 17.8 Å². The fraction of sp³-hybridized carbons (Fsp3) is 0.552. The van der Waals surface area contributed by atoms with E-state index in [-0.39, 0.29) is 52.7 Å². The number of benzene rings is 1. The molecule has 13 heteroatoms. The fourth-order valence-electron chi connectivity index (χ4n) is 6.16. The number of aliphatic hydroxyl groups is 1. The number of nitrogens with one attached hydrogen (secondary N) is 2. The maximum atomic E-state index is 15.0. The minimum atomic E-state index is -5.10. The average molecular weight is 586 g/mol. The fourth-order valence-corrected chi connectivity index (χ4v) is 6.16. The van der Waals surface area contributed by atoms with Gasteiger partial charge >= 0.3 is 11.9 Å². The van der Waals surface area contributed by atoms with Gasteiger partial charge in [-0.05, 0) is 50.4 Å². The van der Waals surface area contributed by atoms with Crippen LogP contribution in [0, 0.1) is 17.8 Å². The van der Waals surface area contributed by atoms with Crippen molar-refractivity contribution in [3.63, 3.8) is 0 Å². The number of halogens is 3. The molecule has 224 valence electrons. The van der Waals surface area contributed by atoms with Crippen LogP contribution in [0.1, 0.15) is 70.2 Å². The van der Waals surface area contributed by atoms with Crippen LogP contribution in [0.3, 0.4) is 0 Å². The van der Waals surface area contributed by atoms with Crippen LogP contribution in [0.25, 0.3) is 22.8 Å². The first-order valence-corrected chi connectivity index (χ1v) is 14.5. The molecular formula is C29H34F3N7O3. The molecule has 10 nitrogen and oxygen atoms in total. The molecule has 4 aromatic rings. The van der Waals surface area contributed by atoms with Crippen LogP contribution < -0.4 is 11.1 Å². The summed E-state index contributed by atoms with van der Waals surface area (Å²) in [4.78, 5) is 27.5. The van der Waals surface area contributed by atoms with E-state index in [4.69, 9.17) is 0 Å². The first-order valence-electron chi connectivity index (χ1n) is 14.5. The first kappa shape index (κ1) is 28.4. The van der Waals surface area contributed by atoms with E-state index >= 15 is 13.2 Å². The van der Waals surface area contributed by atoms with Crippen molar-refractivity contribution in [3.8, 4) is 11.6 Å². The number of hydrogen-bond acceptors (Lipinski definition) is 8. The van der Waals surface area contributed by atoms with E-state index in [0.717, 1.165) is 44.9 Å². The number of hydrogen-bond donors (Lipinski definition) is 3. The lowest BCUT2D eigenvalue weighted by Gasteiger charge is -2.33. The molecule has 0 spiro atoms. The molecule has 2 atom stereocenters. The Morgan fingerprint density at radius 2 is 1.81 bits per heavy atom. The number of aromatic amines is 1. The molecule has 3 N–H and O–H groups in total. The Balaban J connectivity index is 1.59. The number of aromatic nitrogens is 6. The van der Waals surface area contributed by atoms with E-state index in [1.165, 1.54) is 28.8 Å². The minimum absolute atomic E-state index is 0.0426. The molecule has 1 unspecified atom stereocenters. The zero-order chi connectivity index (χ0) is 29.6. The maximum absolute atomic E-state index is 15.0. The molecule has 2 aliphatic rings. The third-order valence-corrected chi connectivity index (χ3v) is 8.98. The van der Waals surface area contributed by atoms with Gasteiger partial charge in [0.1, 0.15) is 5.52 Å². The molecule has 42 heavy (non-hydrogen) atoms. The van der Waals surface area contributed by atoms with E-state index < -0.39 is 23.4 Å². The van der Waals surface area contributed by atoms with Crippen molar-refractivity contribution < 1.29 is 22.8 Å². The lowest BCUT2D eigenvalue weighted by atomic mass is 9.80. The van der Waals surface area contributed by atoms with Crippen molar-refractivity contribution in [3.05, 3.63) is 52.3 Å². The summed E-state index contributed by atoms with van der Waals surface area (Å²) in [5, 5.41) is 18.8. The van der Waals surface area contributed by atoms with Crippen molar-refractivity contribution in [1.29, 1.82) is 0 Å². The summed E-state index contributed by atoms with van der Waals surface area (Å²) in [6.45, 7) is 4.40. The number of nitrogens with zero attached hydrogens (tertiary/aromatic N) is 5. The summed E-state index contributed by atoms with van der Waals surface area (Å²) in [7, 11) is 0. The highest BCUT2D eigenvalue weighted by Gasteiger charge is 2.59. The second-order valence-corrected chi connectivity index (χ2v) is 11.9. The highest BCUT2D eigenvalue weighted by atomic mass is 19.4. The summed E-state index contributed by atoms with van der Waals surface area (Å²) in [5.74, 6) is -0.269. The third kappa shape index (κ3) is 5.07. The third-order valence-electron chi connectivity index (χ3n) is 8.98. The largest absolute Gasteiger partial charge is 0.439 e. The zero-order valence-corrected chi connectivity index (χ0v) is 23.5. The highest BCUT2D eigenvalue weighted by molar-refractivity contribution is 5.86. The molecular weight excluding hydrogens is 551 g/mol. The van der Waals surface area contributed by atoms with Crippen molar-refractivity contribution in [2.75, 3.05) is 5.32 Å². The first-order chi connectivity index (χ1) is 20.0. The standard InChI is InChI=1S/C29H34F3N7O3/c1-16-11-13-18(14-12-16)15-39-21-22(33-17(2)19-7-6-8-19)34-24(25-37-27(40)42-38-25)35-23(21)36-26(39)28(41,29(30,31)32)20-9-4-3-5-10-20/h3-5,9-10,16-19,41H,6-8,11-15H2,1-2H3,(H,33,34,35)(H,37,38,40)/t16-,17-,18-,28?/m1/s1. The molecule has 2 saturated carbocycles. The molecule has 0 aliphatic heterocycles. The topological polar surface area (TPSA) is 135 Å². The minimum Gasteiger partial charge on any atom is -0.370 e. The predicted octanol–water partition coefficient (Wildman–Crippen LogP) is 5.39. The number of H-pyrrole nitrogens is 1. The van der Waals surface area contributed by atoms with Gasteiger partial charge in [-0.2, -0.15) is 13.2 Å². The van der Waals surface area contributed by atoms with Crippen molar-refractivity contribution in [2.45, 2.75) is 83.2 Å². The predicted molar refractivity (Wildman–Crippen MR) is 148 cm³/mol. The van der Waals surface area contributed by atoms with E-state index in [1.807, 2.05) is 6.92 Å². The number of imidazole rings is 1. The molecule has 0 saturated heterocycles. The van der Waals surface area contributed by atoms with E-state index in [0.29, 0.717) is 11.8 Å². The van der Waals surface area contributed by atoms with Gasteiger partial charge in [-0.1, -0.05) is 61.7 Å². The summed E-state index contributed by atoms with van der Waals surface area (Å²) in [6, 6.07) is 6.94. The lowest BCUT2D eigenvalue weighted by molar-refractivity contribution is -0.252. The molecule has 1 aromatic carbocycles. The smallest absolute Gasteiger partial charge is 0.370 e. The van der Waals surface area contributed by atoms with Crippen LogP contribution in [0.2, 0.25) is 0 Å². The van der Waals surface area contributed by atoms with Gasteiger partial charge in [0.15, 0.2) is 17.3 Å². The van der Waals surface area contributed by atoms with Crippen LogP contribution in [0.5, 0.6) is 0 Å². The Labute approximate surface area is 239 Å². The van der Waals surface area contributed by atoms with E-state index in [9.17, 15) is 9.90 Å². The van der Waals surface area contributed by atoms with Crippen molar-refractivity contribution in [1.82, 2.24) is 29.7 Å². The second kappa shape index (κ2) is 10.8. The molecule has 3 heterocycles. The van der Waals surface area contributed by atoms with Gasteiger partial charge in [-0.25, -0.2) is 19.7 Å². The Kier molecular flexibility index (Phi) is 7.32. The van der Waals surface area contributed by atoms with Crippen LogP contribution in [-0.2, 0) is 12.1 Å². The molecule has 2 aliphatic carbocycles. The SMILES string of the molecule is C[C@@H](Nc1nc(-c2noc(=O)[nH]2)nc2nc(C(O)(c3ccccc3)C(F)(F)F)n(C[C@H]3CC[C@H](C)CC3)c12)C1CCC1. The number of alkyl halides is 3. The Morgan fingerprint density at radius 3 is 2.40 bits per heavy atom. The van der Waals surface area contributed by atoms with Gasteiger partial charge in [-0.15, -0.1) is 0 Å². The summed E-state index contributed by atoms with van der Waals surface area (Å²) in [6.07, 6.45) is 1.69. The Morgan fingerprint density at radius 1 is 1.10 bits per heavy atom. The molecule has 3 aromatic heterocycles. The van der Waals surface area contributed by atoms with Gasteiger partial charge in [0.2, 0.25) is 17.2 Å². The number of fused-ring (bicyclic) bond motifs is 1. The summed E-state index contributed by atoms with van der Waals surface area (Å²) in [5.41, 5.74) is -3.55.